The number of thiazole rings is 1. The average Bonchev–Trinajstić information content (AvgIpc) is 3.25. The summed E-state index contributed by atoms with van der Waals surface area (Å²) in [5, 5.41) is 7.17. The lowest BCUT2D eigenvalue weighted by molar-refractivity contribution is 0.0729. The standard InChI is InChI=1S/C18H11NO4S2/c1-10-6-16(20)23-15-7-12(2-3-13(10)15)22-18(21)14-9-25-17(19-14)11-4-5-24-8-11/h2-9H,1H3. The summed E-state index contributed by atoms with van der Waals surface area (Å²) in [7, 11) is 0. The normalized spacial score (nSPS) is 10.9. The van der Waals surface area contributed by atoms with Gasteiger partial charge in [0.25, 0.3) is 0 Å². The first-order valence-corrected chi connectivity index (χ1v) is 9.17. The summed E-state index contributed by atoms with van der Waals surface area (Å²) in [4.78, 5) is 28.1. The van der Waals surface area contributed by atoms with E-state index in [1.54, 1.807) is 28.8 Å². The Balaban J connectivity index is 1.60. The molecule has 5 nitrogen and oxygen atoms in total. The number of carbonyl (C=O) groups excluding carboxylic acids is 1. The molecule has 0 unspecified atom stereocenters. The molecule has 1 aromatic carbocycles. The summed E-state index contributed by atoms with van der Waals surface area (Å²) in [6, 6.07) is 8.34. The smallest absolute Gasteiger partial charge is 0.363 e. The summed E-state index contributed by atoms with van der Waals surface area (Å²) in [5.41, 5.74) is 1.99. The van der Waals surface area contributed by atoms with Crippen LogP contribution in [-0.2, 0) is 0 Å². The number of thiophene rings is 1. The zero-order valence-corrected chi connectivity index (χ0v) is 14.6. The first-order chi connectivity index (χ1) is 12.1. The summed E-state index contributed by atoms with van der Waals surface area (Å²) >= 11 is 2.96. The van der Waals surface area contributed by atoms with Crippen molar-refractivity contribution >= 4 is 39.6 Å². The molecule has 0 saturated carbocycles. The maximum absolute atomic E-state index is 12.3. The van der Waals surface area contributed by atoms with Crippen molar-refractivity contribution in [1.82, 2.24) is 4.98 Å². The lowest BCUT2D eigenvalue weighted by Crippen LogP contribution is -2.09. The second-order valence-electron chi connectivity index (χ2n) is 5.35. The third-order valence-corrected chi connectivity index (χ3v) is 5.19. The van der Waals surface area contributed by atoms with Gasteiger partial charge >= 0.3 is 11.6 Å². The van der Waals surface area contributed by atoms with E-state index in [4.69, 9.17) is 9.15 Å². The van der Waals surface area contributed by atoms with E-state index in [0.29, 0.717) is 11.3 Å². The number of ether oxygens (including phenoxy) is 1. The van der Waals surface area contributed by atoms with Gasteiger partial charge in [-0.15, -0.1) is 11.3 Å². The highest BCUT2D eigenvalue weighted by molar-refractivity contribution is 7.14. The molecule has 7 heteroatoms. The Morgan fingerprint density at radius 3 is 2.88 bits per heavy atom. The zero-order chi connectivity index (χ0) is 17.4. The highest BCUT2D eigenvalue weighted by Gasteiger charge is 2.15. The largest absolute Gasteiger partial charge is 0.423 e. The van der Waals surface area contributed by atoms with Crippen molar-refractivity contribution in [2.75, 3.05) is 0 Å². The number of carbonyl (C=O) groups is 1. The van der Waals surface area contributed by atoms with E-state index in [0.717, 1.165) is 21.5 Å². The number of fused-ring (bicyclic) bond motifs is 1. The minimum Gasteiger partial charge on any atom is -0.423 e. The van der Waals surface area contributed by atoms with Gasteiger partial charge in [-0.2, -0.15) is 11.3 Å². The van der Waals surface area contributed by atoms with Crippen LogP contribution in [0.5, 0.6) is 5.75 Å². The molecule has 4 rings (SSSR count). The second-order valence-corrected chi connectivity index (χ2v) is 6.98. The lowest BCUT2D eigenvalue weighted by Gasteiger charge is -2.04. The Kier molecular flexibility index (Phi) is 3.95. The van der Waals surface area contributed by atoms with Gasteiger partial charge in [-0.25, -0.2) is 14.6 Å². The van der Waals surface area contributed by atoms with E-state index in [1.165, 1.54) is 23.5 Å². The number of benzene rings is 1. The molecule has 0 saturated heterocycles. The molecule has 0 fully saturated rings. The SMILES string of the molecule is Cc1cc(=O)oc2cc(OC(=O)c3csc(-c4ccsc4)n3)ccc12. The van der Waals surface area contributed by atoms with Crippen LogP contribution in [0.15, 0.2) is 55.7 Å². The number of rotatable bonds is 3. The fourth-order valence-corrected chi connectivity index (χ4v) is 3.92. The number of esters is 1. The summed E-state index contributed by atoms with van der Waals surface area (Å²) < 4.78 is 10.5. The molecule has 25 heavy (non-hydrogen) atoms. The molecule has 3 aromatic heterocycles. The molecule has 0 aliphatic heterocycles. The van der Waals surface area contributed by atoms with E-state index in [2.05, 4.69) is 4.98 Å². The number of aromatic nitrogens is 1. The van der Waals surface area contributed by atoms with Gasteiger partial charge in [0.05, 0.1) is 0 Å². The van der Waals surface area contributed by atoms with Crippen molar-refractivity contribution in [2.45, 2.75) is 6.92 Å². The minimum atomic E-state index is -0.549. The molecule has 0 radical (unpaired) electrons. The number of nitrogens with zero attached hydrogens (tertiary/aromatic N) is 1. The number of aryl methyl sites for hydroxylation is 1. The van der Waals surface area contributed by atoms with Crippen LogP contribution in [0.1, 0.15) is 16.1 Å². The van der Waals surface area contributed by atoms with Gasteiger partial charge in [-0.05, 0) is 36.1 Å². The van der Waals surface area contributed by atoms with E-state index >= 15 is 0 Å². The van der Waals surface area contributed by atoms with Crippen molar-refractivity contribution in [3.63, 3.8) is 0 Å². The Bertz CT molecular complexity index is 1130. The van der Waals surface area contributed by atoms with E-state index in [-0.39, 0.29) is 5.69 Å². The molecule has 0 atom stereocenters. The molecule has 0 spiro atoms. The van der Waals surface area contributed by atoms with Crippen LogP contribution >= 0.6 is 22.7 Å². The van der Waals surface area contributed by atoms with Crippen molar-refractivity contribution in [3.05, 3.63) is 68.1 Å². The monoisotopic (exact) mass is 369 g/mol. The molecule has 3 heterocycles. The maximum Gasteiger partial charge on any atom is 0.363 e. The minimum absolute atomic E-state index is 0.247. The van der Waals surface area contributed by atoms with Gasteiger partial charge in [0.2, 0.25) is 0 Å². The van der Waals surface area contributed by atoms with Crippen LogP contribution in [0.4, 0.5) is 0 Å². The number of hydrogen-bond donors (Lipinski definition) is 0. The Morgan fingerprint density at radius 1 is 1.20 bits per heavy atom. The van der Waals surface area contributed by atoms with Crippen molar-refractivity contribution in [2.24, 2.45) is 0 Å². The van der Waals surface area contributed by atoms with Crippen LogP contribution in [0.2, 0.25) is 0 Å². The topological polar surface area (TPSA) is 69.4 Å². The number of hydrogen-bond acceptors (Lipinski definition) is 7. The van der Waals surface area contributed by atoms with Crippen LogP contribution in [0, 0.1) is 6.92 Å². The van der Waals surface area contributed by atoms with Gasteiger partial charge in [0, 0.05) is 33.8 Å². The Hall–Kier alpha value is -2.77. The average molecular weight is 369 g/mol. The van der Waals surface area contributed by atoms with E-state index in [1.807, 2.05) is 23.8 Å². The molecule has 4 aromatic rings. The molecular formula is C18H11NO4S2. The highest BCUT2D eigenvalue weighted by Crippen LogP contribution is 2.27. The van der Waals surface area contributed by atoms with Crippen LogP contribution in [0.3, 0.4) is 0 Å². The predicted molar refractivity (Wildman–Crippen MR) is 97.6 cm³/mol. The quantitative estimate of drug-likeness (QED) is 0.302. The van der Waals surface area contributed by atoms with Gasteiger partial charge in [-0.3, -0.25) is 0 Å². The van der Waals surface area contributed by atoms with E-state index in [9.17, 15) is 9.59 Å². The van der Waals surface area contributed by atoms with Crippen molar-refractivity contribution in [3.8, 4) is 16.3 Å². The van der Waals surface area contributed by atoms with E-state index < -0.39 is 11.6 Å². The zero-order valence-electron chi connectivity index (χ0n) is 13.0. The third kappa shape index (κ3) is 3.11. The van der Waals surface area contributed by atoms with Gasteiger partial charge in [0.1, 0.15) is 16.3 Å². The fourth-order valence-electron chi connectivity index (χ4n) is 2.41. The third-order valence-electron chi connectivity index (χ3n) is 3.61. The summed E-state index contributed by atoms with van der Waals surface area (Å²) in [6.07, 6.45) is 0. The molecular weight excluding hydrogens is 358 g/mol. The van der Waals surface area contributed by atoms with Crippen LogP contribution in [-0.4, -0.2) is 11.0 Å². The summed E-state index contributed by atoms with van der Waals surface area (Å²) in [5.74, 6) is -0.247. The Morgan fingerprint density at radius 2 is 2.08 bits per heavy atom. The first-order valence-electron chi connectivity index (χ1n) is 7.35. The molecule has 0 aliphatic carbocycles. The Labute approximate surface area is 150 Å². The van der Waals surface area contributed by atoms with Crippen LogP contribution < -0.4 is 10.4 Å². The van der Waals surface area contributed by atoms with Crippen molar-refractivity contribution in [1.29, 1.82) is 0 Å². The van der Waals surface area contributed by atoms with Crippen molar-refractivity contribution < 1.29 is 13.9 Å². The highest BCUT2D eigenvalue weighted by atomic mass is 32.1. The van der Waals surface area contributed by atoms with Gasteiger partial charge in [0.15, 0.2) is 5.69 Å². The summed E-state index contributed by atoms with van der Waals surface area (Å²) in [6.45, 7) is 1.83. The molecule has 0 amide bonds. The fraction of sp³-hybridized carbons (Fsp3) is 0.0556. The second kappa shape index (κ2) is 6.27. The van der Waals surface area contributed by atoms with Gasteiger partial charge in [-0.1, -0.05) is 0 Å². The molecule has 0 bridgehead atoms. The lowest BCUT2D eigenvalue weighted by atomic mass is 10.1. The maximum atomic E-state index is 12.3. The van der Waals surface area contributed by atoms with Crippen LogP contribution in [0.25, 0.3) is 21.5 Å². The molecule has 0 aliphatic rings. The first kappa shape index (κ1) is 15.7. The molecule has 0 N–H and O–H groups in total. The molecule has 124 valence electrons. The van der Waals surface area contributed by atoms with Gasteiger partial charge < -0.3 is 9.15 Å². The predicted octanol–water partition coefficient (Wildman–Crippen LogP) is 4.51.